The first-order valence-corrected chi connectivity index (χ1v) is 5.39. The second-order valence-electron chi connectivity index (χ2n) is 3.98. The maximum Gasteiger partial charge on any atom is 0.391 e. The molecule has 16 heavy (non-hydrogen) atoms. The highest BCUT2D eigenvalue weighted by atomic mass is 19.4. The van der Waals surface area contributed by atoms with Crippen molar-refractivity contribution in [3.05, 3.63) is 0 Å². The number of hydrogen-bond donors (Lipinski definition) is 2. The molecule has 0 radical (unpaired) electrons. The van der Waals surface area contributed by atoms with E-state index in [1.54, 1.807) is 0 Å². The molecular formula is C10H19F3N2O. The minimum Gasteiger partial charge on any atom is -0.352 e. The molecular weight excluding hydrogens is 221 g/mol. The Bertz CT molecular complexity index is 219. The van der Waals surface area contributed by atoms with Gasteiger partial charge in [0.1, 0.15) is 0 Å². The van der Waals surface area contributed by atoms with Gasteiger partial charge in [-0.25, -0.2) is 0 Å². The van der Waals surface area contributed by atoms with Crippen molar-refractivity contribution < 1.29 is 18.0 Å². The summed E-state index contributed by atoms with van der Waals surface area (Å²) in [7, 11) is 0. The van der Waals surface area contributed by atoms with Crippen molar-refractivity contribution in [2.24, 2.45) is 5.73 Å². The van der Waals surface area contributed by atoms with E-state index in [0.29, 0.717) is 6.42 Å². The standard InChI is InChI=1S/C10H19F3N2O/c1-3-4-5-8(14)9(16)15-7(2)6-10(11,12)13/h7-8H,3-6,14H2,1-2H3,(H,15,16). The van der Waals surface area contributed by atoms with Gasteiger partial charge in [0.2, 0.25) is 5.91 Å². The second-order valence-corrected chi connectivity index (χ2v) is 3.98. The Hall–Kier alpha value is -0.780. The van der Waals surface area contributed by atoms with E-state index in [1.165, 1.54) is 6.92 Å². The topological polar surface area (TPSA) is 55.1 Å². The number of carbonyl (C=O) groups is 1. The van der Waals surface area contributed by atoms with Crippen LogP contribution in [0.25, 0.3) is 0 Å². The molecule has 0 heterocycles. The second kappa shape index (κ2) is 6.73. The van der Waals surface area contributed by atoms with E-state index in [2.05, 4.69) is 5.32 Å². The van der Waals surface area contributed by atoms with Crippen molar-refractivity contribution in [1.29, 1.82) is 0 Å². The van der Waals surface area contributed by atoms with E-state index in [-0.39, 0.29) is 0 Å². The zero-order valence-electron chi connectivity index (χ0n) is 9.60. The zero-order valence-corrected chi connectivity index (χ0v) is 9.60. The summed E-state index contributed by atoms with van der Waals surface area (Å²) in [5.41, 5.74) is 5.52. The molecule has 96 valence electrons. The fourth-order valence-corrected chi connectivity index (χ4v) is 1.30. The summed E-state index contributed by atoms with van der Waals surface area (Å²) in [5, 5.41) is 2.26. The molecule has 0 saturated carbocycles. The lowest BCUT2D eigenvalue weighted by molar-refractivity contribution is -0.141. The number of unbranched alkanes of at least 4 members (excludes halogenated alkanes) is 1. The minimum absolute atomic E-state index is 0.501. The number of nitrogens with one attached hydrogen (secondary N) is 1. The summed E-state index contributed by atoms with van der Waals surface area (Å²) < 4.78 is 35.9. The lowest BCUT2D eigenvalue weighted by Gasteiger charge is -2.18. The zero-order chi connectivity index (χ0) is 12.8. The van der Waals surface area contributed by atoms with E-state index in [1.807, 2.05) is 6.92 Å². The number of amides is 1. The van der Waals surface area contributed by atoms with Crippen LogP contribution in [-0.2, 0) is 4.79 Å². The molecule has 0 bridgehead atoms. The van der Waals surface area contributed by atoms with Crippen LogP contribution in [0.3, 0.4) is 0 Å². The summed E-state index contributed by atoms with van der Waals surface area (Å²) in [4.78, 5) is 11.3. The molecule has 0 spiro atoms. The molecule has 0 fully saturated rings. The molecule has 0 aromatic heterocycles. The summed E-state index contributed by atoms with van der Waals surface area (Å²) in [6.07, 6.45) is -3.10. The van der Waals surface area contributed by atoms with Gasteiger partial charge in [-0.05, 0) is 13.3 Å². The number of halogens is 3. The highest BCUT2D eigenvalue weighted by Gasteiger charge is 2.31. The minimum atomic E-state index is -4.26. The van der Waals surface area contributed by atoms with Crippen LogP contribution in [0.2, 0.25) is 0 Å². The molecule has 3 nitrogen and oxygen atoms in total. The van der Waals surface area contributed by atoms with E-state index in [9.17, 15) is 18.0 Å². The normalized spacial score (nSPS) is 15.6. The van der Waals surface area contributed by atoms with Crippen molar-refractivity contribution in [1.82, 2.24) is 5.32 Å². The van der Waals surface area contributed by atoms with Crippen molar-refractivity contribution in [3.63, 3.8) is 0 Å². The van der Waals surface area contributed by atoms with Gasteiger partial charge in [-0.2, -0.15) is 13.2 Å². The number of hydrogen-bond acceptors (Lipinski definition) is 2. The van der Waals surface area contributed by atoms with E-state index in [0.717, 1.165) is 12.8 Å². The molecule has 0 aromatic rings. The summed E-state index contributed by atoms with van der Waals surface area (Å²) in [6, 6.07) is -1.64. The van der Waals surface area contributed by atoms with Crippen molar-refractivity contribution in [3.8, 4) is 0 Å². The fourth-order valence-electron chi connectivity index (χ4n) is 1.30. The maximum absolute atomic E-state index is 12.0. The average molecular weight is 240 g/mol. The molecule has 2 unspecified atom stereocenters. The third kappa shape index (κ3) is 7.50. The van der Waals surface area contributed by atoms with Gasteiger partial charge in [0.25, 0.3) is 0 Å². The highest BCUT2D eigenvalue weighted by Crippen LogP contribution is 2.21. The molecule has 0 aliphatic carbocycles. The van der Waals surface area contributed by atoms with E-state index >= 15 is 0 Å². The van der Waals surface area contributed by atoms with Crippen LogP contribution < -0.4 is 11.1 Å². The van der Waals surface area contributed by atoms with Gasteiger partial charge in [-0.3, -0.25) is 4.79 Å². The Kier molecular flexibility index (Phi) is 6.40. The van der Waals surface area contributed by atoms with Crippen LogP contribution in [0.5, 0.6) is 0 Å². The molecule has 0 saturated heterocycles. The first-order chi connectivity index (χ1) is 7.26. The monoisotopic (exact) mass is 240 g/mol. The highest BCUT2D eigenvalue weighted by molar-refractivity contribution is 5.81. The molecule has 0 rings (SSSR count). The van der Waals surface area contributed by atoms with Gasteiger partial charge in [-0.1, -0.05) is 19.8 Å². The third-order valence-electron chi connectivity index (χ3n) is 2.13. The predicted octanol–water partition coefficient (Wildman–Crippen LogP) is 1.96. The van der Waals surface area contributed by atoms with Gasteiger partial charge in [0.05, 0.1) is 12.5 Å². The predicted molar refractivity (Wildman–Crippen MR) is 55.8 cm³/mol. The molecule has 2 atom stereocenters. The quantitative estimate of drug-likeness (QED) is 0.745. The van der Waals surface area contributed by atoms with E-state index < -0.39 is 30.6 Å². The van der Waals surface area contributed by atoms with Crippen LogP contribution in [0.4, 0.5) is 13.2 Å². The van der Waals surface area contributed by atoms with Crippen LogP contribution in [-0.4, -0.2) is 24.2 Å². The lowest BCUT2D eigenvalue weighted by Crippen LogP contribution is -2.45. The smallest absolute Gasteiger partial charge is 0.352 e. The third-order valence-corrected chi connectivity index (χ3v) is 2.13. The SMILES string of the molecule is CCCCC(N)C(=O)NC(C)CC(F)(F)F. The molecule has 0 aromatic carbocycles. The van der Waals surface area contributed by atoms with Gasteiger partial charge >= 0.3 is 6.18 Å². The van der Waals surface area contributed by atoms with Crippen molar-refractivity contribution in [2.75, 3.05) is 0 Å². The van der Waals surface area contributed by atoms with Crippen LogP contribution in [0.15, 0.2) is 0 Å². The number of rotatable bonds is 6. The fraction of sp³-hybridized carbons (Fsp3) is 0.900. The Morgan fingerprint density at radius 1 is 1.44 bits per heavy atom. The molecule has 6 heteroatoms. The van der Waals surface area contributed by atoms with Gasteiger partial charge in [0, 0.05) is 6.04 Å². The Morgan fingerprint density at radius 3 is 2.44 bits per heavy atom. The first-order valence-electron chi connectivity index (χ1n) is 5.39. The number of carbonyl (C=O) groups excluding carboxylic acids is 1. The van der Waals surface area contributed by atoms with Crippen LogP contribution in [0, 0.1) is 0 Å². The molecule has 0 aliphatic rings. The van der Waals surface area contributed by atoms with Gasteiger partial charge < -0.3 is 11.1 Å². The number of nitrogens with two attached hydrogens (primary N) is 1. The van der Waals surface area contributed by atoms with Crippen molar-refractivity contribution >= 4 is 5.91 Å². The maximum atomic E-state index is 12.0. The Balaban J connectivity index is 3.94. The Morgan fingerprint density at radius 2 is 2.00 bits per heavy atom. The van der Waals surface area contributed by atoms with Gasteiger partial charge in [-0.15, -0.1) is 0 Å². The lowest BCUT2D eigenvalue weighted by atomic mass is 10.1. The Labute approximate surface area is 93.6 Å². The molecule has 3 N–H and O–H groups in total. The summed E-state index contributed by atoms with van der Waals surface area (Å²) >= 11 is 0. The summed E-state index contributed by atoms with van der Waals surface area (Å²) in [5.74, 6) is -0.509. The van der Waals surface area contributed by atoms with E-state index in [4.69, 9.17) is 5.73 Å². The largest absolute Gasteiger partial charge is 0.391 e. The summed E-state index contributed by atoms with van der Waals surface area (Å²) in [6.45, 7) is 3.27. The van der Waals surface area contributed by atoms with Crippen LogP contribution in [0.1, 0.15) is 39.5 Å². The number of alkyl halides is 3. The van der Waals surface area contributed by atoms with Gasteiger partial charge in [0.15, 0.2) is 0 Å². The molecule has 1 amide bonds. The molecule has 0 aliphatic heterocycles. The first kappa shape index (κ1) is 15.2. The average Bonchev–Trinajstić information content (AvgIpc) is 2.10. The van der Waals surface area contributed by atoms with Crippen LogP contribution >= 0.6 is 0 Å². The van der Waals surface area contributed by atoms with Crippen molar-refractivity contribution in [2.45, 2.75) is 57.8 Å².